The molecule has 6 heteroatoms. The number of amides is 1. The predicted molar refractivity (Wildman–Crippen MR) is 100 cm³/mol. The summed E-state index contributed by atoms with van der Waals surface area (Å²) >= 11 is 0. The maximum atomic E-state index is 12.7. The van der Waals surface area contributed by atoms with Gasteiger partial charge in [-0.25, -0.2) is 0 Å². The van der Waals surface area contributed by atoms with E-state index in [1.165, 1.54) is 31.4 Å². The molecule has 146 valence electrons. The Bertz CT molecular complexity index is 727. The van der Waals surface area contributed by atoms with Crippen LogP contribution in [-0.4, -0.2) is 12.5 Å². The van der Waals surface area contributed by atoms with E-state index in [9.17, 15) is 18.0 Å². The number of benzene rings is 2. The number of nitrogens with one attached hydrogen (secondary N) is 1. The molecule has 2 aromatic rings. The highest BCUT2D eigenvalue weighted by molar-refractivity contribution is 6.04. The molecule has 0 heterocycles. The minimum atomic E-state index is -4.45. The Labute approximate surface area is 157 Å². The van der Waals surface area contributed by atoms with Crippen LogP contribution in [0.15, 0.2) is 48.5 Å². The quantitative estimate of drug-likeness (QED) is 0.519. The van der Waals surface area contributed by atoms with E-state index in [0.29, 0.717) is 17.9 Å². The number of ether oxygens (including phenoxy) is 1. The average molecular weight is 379 g/mol. The number of carbonyl (C=O) groups excluding carboxylic acids is 1. The van der Waals surface area contributed by atoms with E-state index in [-0.39, 0.29) is 5.69 Å². The molecular weight excluding hydrogens is 355 g/mol. The smallest absolute Gasteiger partial charge is 0.416 e. The Hall–Kier alpha value is -2.50. The Morgan fingerprint density at radius 3 is 2.37 bits per heavy atom. The second-order valence-electron chi connectivity index (χ2n) is 6.32. The number of alkyl halides is 3. The minimum Gasteiger partial charge on any atom is -0.494 e. The van der Waals surface area contributed by atoms with E-state index in [1.807, 2.05) is 0 Å². The third kappa shape index (κ3) is 6.96. The van der Waals surface area contributed by atoms with Crippen LogP contribution in [0.1, 0.15) is 54.9 Å². The summed E-state index contributed by atoms with van der Waals surface area (Å²) in [5.74, 6) is 0.196. The predicted octanol–water partition coefficient (Wildman–Crippen LogP) is 6.31. The molecule has 0 aliphatic heterocycles. The molecule has 0 bridgehead atoms. The highest BCUT2D eigenvalue weighted by Crippen LogP contribution is 2.30. The lowest BCUT2D eigenvalue weighted by atomic mass is 10.1. The fourth-order valence-corrected chi connectivity index (χ4v) is 2.57. The van der Waals surface area contributed by atoms with Crippen molar-refractivity contribution in [3.05, 3.63) is 59.7 Å². The molecule has 2 rings (SSSR count). The van der Waals surface area contributed by atoms with Gasteiger partial charge >= 0.3 is 6.18 Å². The Morgan fingerprint density at radius 2 is 1.70 bits per heavy atom. The standard InChI is InChI=1S/C21H24F3NO2/c1-2-3-4-5-6-14-27-19-12-10-16(11-13-19)20(26)25-18-9-7-8-17(15-18)21(22,23)24/h7-13,15H,2-6,14H2,1H3,(H,25,26). The summed E-state index contributed by atoms with van der Waals surface area (Å²) in [6.45, 7) is 2.79. The van der Waals surface area contributed by atoms with Gasteiger partial charge in [-0.2, -0.15) is 13.2 Å². The van der Waals surface area contributed by atoms with Crippen LogP contribution >= 0.6 is 0 Å². The van der Waals surface area contributed by atoms with E-state index in [2.05, 4.69) is 12.2 Å². The summed E-state index contributed by atoms with van der Waals surface area (Å²) < 4.78 is 43.8. The molecule has 3 nitrogen and oxygen atoms in total. The highest BCUT2D eigenvalue weighted by Gasteiger charge is 2.30. The van der Waals surface area contributed by atoms with Crippen molar-refractivity contribution in [1.29, 1.82) is 0 Å². The number of hydrogen-bond acceptors (Lipinski definition) is 2. The number of unbranched alkanes of at least 4 members (excludes halogenated alkanes) is 4. The van der Waals surface area contributed by atoms with Gasteiger partial charge in [-0.1, -0.05) is 38.7 Å². The van der Waals surface area contributed by atoms with Crippen molar-refractivity contribution in [3.8, 4) is 5.75 Å². The number of hydrogen-bond donors (Lipinski definition) is 1. The van der Waals surface area contributed by atoms with Gasteiger partial charge in [0.2, 0.25) is 0 Å². The molecule has 0 unspecified atom stereocenters. The van der Waals surface area contributed by atoms with Gasteiger partial charge in [-0.15, -0.1) is 0 Å². The lowest BCUT2D eigenvalue weighted by molar-refractivity contribution is -0.137. The van der Waals surface area contributed by atoms with Crippen molar-refractivity contribution >= 4 is 11.6 Å². The molecule has 0 atom stereocenters. The molecule has 1 N–H and O–H groups in total. The zero-order chi connectivity index (χ0) is 19.7. The topological polar surface area (TPSA) is 38.3 Å². The molecule has 0 fully saturated rings. The zero-order valence-electron chi connectivity index (χ0n) is 15.3. The van der Waals surface area contributed by atoms with Crippen molar-refractivity contribution in [2.45, 2.75) is 45.2 Å². The van der Waals surface area contributed by atoms with Crippen molar-refractivity contribution in [3.63, 3.8) is 0 Å². The summed E-state index contributed by atoms with van der Waals surface area (Å²) in [5, 5.41) is 2.48. The Kier molecular flexibility index (Phi) is 7.70. The normalized spacial score (nSPS) is 11.3. The van der Waals surface area contributed by atoms with Gasteiger partial charge in [0.1, 0.15) is 5.75 Å². The van der Waals surface area contributed by atoms with Crippen molar-refractivity contribution in [2.75, 3.05) is 11.9 Å². The van der Waals surface area contributed by atoms with Gasteiger partial charge in [-0.3, -0.25) is 4.79 Å². The first kappa shape index (κ1) is 20.8. The number of anilines is 1. The lowest BCUT2D eigenvalue weighted by Gasteiger charge is -2.10. The molecular formula is C21H24F3NO2. The van der Waals surface area contributed by atoms with Crippen LogP contribution in [0.3, 0.4) is 0 Å². The van der Waals surface area contributed by atoms with Crippen molar-refractivity contribution < 1.29 is 22.7 Å². The van der Waals surface area contributed by atoms with E-state index in [0.717, 1.165) is 25.0 Å². The number of rotatable bonds is 9. The fourth-order valence-electron chi connectivity index (χ4n) is 2.57. The second kappa shape index (κ2) is 10.00. The highest BCUT2D eigenvalue weighted by atomic mass is 19.4. The zero-order valence-corrected chi connectivity index (χ0v) is 15.3. The molecule has 0 spiro atoms. The van der Waals surface area contributed by atoms with Gasteiger partial charge in [0, 0.05) is 11.3 Å². The first-order valence-electron chi connectivity index (χ1n) is 9.11. The molecule has 0 saturated carbocycles. The van der Waals surface area contributed by atoms with Gasteiger partial charge < -0.3 is 10.1 Å². The average Bonchev–Trinajstić information content (AvgIpc) is 2.64. The largest absolute Gasteiger partial charge is 0.494 e. The van der Waals surface area contributed by atoms with E-state index >= 15 is 0 Å². The molecule has 0 aliphatic rings. The van der Waals surface area contributed by atoms with Crippen LogP contribution < -0.4 is 10.1 Å². The lowest BCUT2D eigenvalue weighted by Crippen LogP contribution is -2.13. The second-order valence-corrected chi connectivity index (χ2v) is 6.32. The number of carbonyl (C=O) groups is 1. The Balaban J connectivity index is 1.87. The van der Waals surface area contributed by atoms with E-state index < -0.39 is 17.6 Å². The van der Waals surface area contributed by atoms with Crippen LogP contribution in [0, 0.1) is 0 Å². The summed E-state index contributed by atoms with van der Waals surface area (Å²) in [7, 11) is 0. The summed E-state index contributed by atoms with van der Waals surface area (Å²) in [6.07, 6.45) is 1.30. The molecule has 27 heavy (non-hydrogen) atoms. The minimum absolute atomic E-state index is 0.0993. The van der Waals surface area contributed by atoms with Crippen molar-refractivity contribution in [2.24, 2.45) is 0 Å². The molecule has 2 aromatic carbocycles. The molecule has 0 aromatic heterocycles. The monoisotopic (exact) mass is 379 g/mol. The van der Waals surface area contributed by atoms with Gasteiger partial charge in [-0.05, 0) is 48.9 Å². The summed E-state index contributed by atoms with van der Waals surface area (Å²) in [6, 6.07) is 11.1. The third-order valence-electron chi connectivity index (χ3n) is 4.08. The molecule has 0 saturated heterocycles. The first-order chi connectivity index (χ1) is 12.9. The van der Waals surface area contributed by atoms with Crippen molar-refractivity contribution in [1.82, 2.24) is 0 Å². The molecule has 0 aliphatic carbocycles. The van der Waals surface area contributed by atoms with Gasteiger partial charge in [0.15, 0.2) is 0 Å². The van der Waals surface area contributed by atoms with Gasteiger partial charge in [0.05, 0.1) is 12.2 Å². The summed E-state index contributed by atoms with van der Waals surface area (Å²) in [4.78, 5) is 12.2. The molecule has 0 radical (unpaired) electrons. The van der Waals surface area contributed by atoms with Crippen LogP contribution in [0.4, 0.5) is 18.9 Å². The van der Waals surface area contributed by atoms with Crippen LogP contribution in [-0.2, 0) is 6.18 Å². The van der Waals surface area contributed by atoms with Crippen LogP contribution in [0.5, 0.6) is 5.75 Å². The van der Waals surface area contributed by atoms with Gasteiger partial charge in [0.25, 0.3) is 5.91 Å². The Morgan fingerprint density at radius 1 is 1.00 bits per heavy atom. The van der Waals surface area contributed by atoms with Crippen LogP contribution in [0.25, 0.3) is 0 Å². The maximum absolute atomic E-state index is 12.7. The fraction of sp³-hybridized carbons (Fsp3) is 0.381. The number of halogens is 3. The maximum Gasteiger partial charge on any atom is 0.416 e. The molecule has 1 amide bonds. The SMILES string of the molecule is CCCCCCCOc1ccc(C(=O)Nc2cccc(C(F)(F)F)c2)cc1. The summed E-state index contributed by atoms with van der Waals surface area (Å²) in [5.41, 5.74) is -0.354. The first-order valence-corrected chi connectivity index (χ1v) is 9.11. The van der Waals surface area contributed by atoms with E-state index in [1.54, 1.807) is 24.3 Å². The van der Waals surface area contributed by atoms with E-state index in [4.69, 9.17) is 4.74 Å². The van der Waals surface area contributed by atoms with Crippen LogP contribution in [0.2, 0.25) is 0 Å². The third-order valence-corrected chi connectivity index (χ3v) is 4.08.